The molecule has 0 saturated carbocycles. The van der Waals surface area contributed by atoms with E-state index in [0.717, 1.165) is 16.7 Å². The van der Waals surface area contributed by atoms with Crippen LogP contribution in [0.25, 0.3) is 0 Å². The van der Waals surface area contributed by atoms with E-state index >= 15 is 0 Å². The fourth-order valence-corrected chi connectivity index (χ4v) is 4.67. The smallest absolute Gasteiger partial charge is 0.355 e. The molecule has 9 nitrogen and oxygen atoms in total. The molecule has 2 aromatic heterocycles. The number of ether oxygens (including phenoxy) is 2. The van der Waals surface area contributed by atoms with Crippen molar-refractivity contribution in [1.29, 1.82) is 0 Å². The molecule has 3 aromatic rings. The largest absolute Gasteiger partial charge is 0.497 e. The van der Waals surface area contributed by atoms with Crippen molar-refractivity contribution in [2.45, 2.75) is 38.9 Å². The first-order chi connectivity index (χ1) is 15.2. The molecule has 10 heteroatoms. The van der Waals surface area contributed by atoms with E-state index in [-0.39, 0.29) is 24.7 Å². The summed E-state index contributed by atoms with van der Waals surface area (Å²) < 4.78 is 40.1. The van der Waals surface area contributed by atoms with Gasteiger partial charge in [-0.2, -0.15) is 4.31 Å². The Morgan fingerprint density at radius 3 is 2.41 bits per heavy atom. The minimum absolute atomic E-state index is 0.0387. The lowest BCUT2D eigenvalue weighted by molar-refractivity contribution is 0.0519. The minimum Gasteiger partial charge on any atom is -0.497 e. The molecule has 0 aliphatic heterocycles. The van der Waals surface area contributed by atoms with Crippen LogP contribution in [0.2, 0.25) is 0 Å². The van der Waals surface area contributed by atoms with Gasteiger partial charge in [0.1, 0.15) is 11.4 Å². The third kappa shape index (κ3) is 4.86. The second-order valence-electron chi connectivity index (χ2n) is 7.45. The van der Waals surface area contributed by atoms with Gasteiger partial charge >= 0.3 is 5.97 Å². The van der Waals surface area contributed by atoms with Gasteiger partial charge in [0.05, 0.1) is 26.6 Å². The maximum Gasteiger partial charge on any atom is 0.355 e. The van der Waals surface area contributed by atoms with Crippen molar-refractivity contribution in [1.82, 2.24) is 18.8 Å². The minimum atomic E-state index is -3.91. The summed E-state index contributed by atoms with van der Waals surface area (Å²) in [6, 6.07) is 7.20. The summed E-state index contributed by atoms with van der Waals surface area (Å²) in [6.45, 7) is 5.81. The van der Waals surface area contributed by atoms with Gasteiger partial charge in [0.25, 0.3) is 10.0 Å². The number of nitrogens with zero attached hydrogens (tertiary/aromatic N) is 3. The molecule has 0 atom stereocenters. The molecular weight excluding hydrogens is 432 g/mol. The van der Waals surface area contributed by atoms with Crippen LogP contribution in [0.3, 0.4) is 0 Å². The third-order valence-electron chi connectivity index (χ3n) is 5.28. The Bertz CT molecular complexity index is 1200. The highest BCUT2D eigenvalue weighted by Gasteiger charge is 2.29. The van der Waals surface area contributed by atoms with Crippen LogP contribution in [0.5, 0.6) is 5.75 Å². The lowest BCUT2D eigenvalue weighted by Crippen LogP contribution is -2.31. The van der Waals surface area contributed by atoms with Crippen LogP contribution in [0.15, 0.2) is 41.8 Å². The number of aryl methyl sites for hydroxylation is 1. The number of hydrogen-bond acceptors (Lipinski definition) is 6. The average Bonchev–Trinajstić information content (AvgIpc) is 3.33. The first kappa shape index (κ1) is 23.6. The van der Waals surface area contributed by atoms with E-state index in [1.54, 1.807) is 37.8 Å². The van der Waals surface area contributed by atoms with Gasteiger partial charge < -0.3 is 19.0 Å². The van der Waals surface area contributed by atoms with Gasteiger partial charge in [-0.05, 0) is 49.6 Å². The number of nitrogens with one attached hydrogen (secondary N) is 1. The van der Waals surface area contributed by atoms with Crippen LogP contribution in [-0.4, -0.2) is 46.9 Å². The van der Waals surface area contributed by atoms with E-state index in [1.807, 2.05) is 26.0 Å². The Kier molecular flexibility index (Phi) is 7.05. The molecule has 1 N–H and O–H groups in total. The van der Waals surface area contributed by atoms with Gasteiger partial charge in [0.2, 0.25) is 0 Å². The molecule has 0 saturated heterocycles. The van der Waals surface area contributed by atoms with Crippen LogP contribution in [0, 0.1) is 13.8 Å². The van der Waals surface area contributed by atoms with Crippen molar-refractivity contribution >= 4 is 16.0 Å². The van der Waals surface area contributed by atoms with Gasteiger partial charge in [-0.3, -0.25) is 0 Å². The third-order valence-corrected chi connectivity index (χ3v) is 6.96. The van der Waals surface area contributed by atoms with E-state index in [1.165, 1.54) is 16.8 Å². The summed E-state index contributed by atoms with van der Waals surface area (Å²) in [6.07, 6.45) is 2.91. The molecule has 0 spiro atoms. The molecule has 32 heavy (non-hydrogen) atoms. The maximum atomic E-state index is 13.4. The van der Waals surface area contributed by atoms with Crippen molar-refractivity contribution in [3.05, 3.63) is 64.9 Å². The molecule has 172 valence electrons. The van der Waals surface area contributed by atoms with Crippen molar-refractivity contribution in [3.63, 3.8) is 0 Å². The fraction of sp³-hybridized carbons (Fsp3) is 0.364. The number of H-pyrrole nitrogens is 1. The number of sulfonamides is 1. The number of carbonyl (C=O) groups is 1. The van der Waals surface area contributed by atoms with Crippen LogP contribution in [0.4, 0.5) is 0 Å². The Hall–Kier alpha value is -3.11. The quantitative estimate of drug-likeness (QED) is 0.492. The Morgan fingerprint density at radius 2 is 1.84 bits per heavy atom. The SMILES string of the molecule is CCOC(=O)c1[nH]c(CN(Cc2ccc(OC)cc2)S(=O)(=O)c2cn(C)cn2)c(C)c1C. The molecule has 3 rings (SSSR count). The van der Waals surface area contributed by atoms with E-state index in [9.17, 15) is 13.2 Å². The predicted octanol–water partition coefficient (Wildman–Crippen LogP) is 2.94. The molecule has 2 heterocycles. The number of esters is 1. The van der Waals surface area contributed by atoms with Crippen LogP contribution in [-0.2, 0) is 34.9 Å². The Labute approximate surface area is 188 Å². The lowest BCUT2D eigenvalue weighted by atomic mass is 10.1. The first-order valence-electron chi connectivity index (χ1n) is 10.1. The van der Waals surface area contributed by atoms with Crippen molar-refractivity contribution < 1.29 is 22.7 Å². The highest BCUT2D eigenvalue weighted by Crippen LogP contribution is 2.25. The zero-order valence-electron chi connectivity index (χ0n) is 18.9. The van der Waals surface area contributed by atoms with Crippen molar-refractivity contribution in [3.8, 4) is 5.75 Å². The number of benzene rings is 1. The predicted molar refractivity (Wildman–Crippen MR) is 119 cm³/mol. The van der Waals surface area contributed by atoms with E-state index in [0.29, 0.717) is 17.1 Å². The summed E-state index contributed by atoms with van der Waals surface area (Å²) in [4.78, 5) is 19.4. The highest BCUT2D eigenvalue weighted by molar-refractivity contribution is 7.89. The monoisotopic (exact) mass is 460 g/mol. The molecule has 0 radical (unpaired) electrons. The summed E-state index contributed by atoms with van der Waals surface area (Å²) in [5.41, 5.74) is 3.29. The van der Waals surface area contributed by atoms with Gasteiger partial charge in [-0.1, -0.05) is 12.1 Å². The molecule has 0 fully saturated rings. The van der Waals surface area contributed by atoms with E-state index in [4.69, 9.17) is 9.47 Å². The Morgan fingerprint density at radius 1 is 1.16 bits per heavy atom. The van der Waals surface area contributed by atoms with Crippen LogP contribution in [0.1, 0.15) is 39.8 Å². The molecule has 0 unspecified atom stereocenters. The summed E-state index contributed by atoms with van der Waals surface area (Å²) in [7, 11) is -0.623. The van der Waals surface area contributed by atoms with E-state index < -0.39 is 16.0 Å². The second-order valence-corrected chi connectivity index (χ2v) is 9.33. The zero-order chi connectivity index (χ0) is 23.5. The maximum absolute atomic E-state index is 13.4. The topological polar surface area (TPSA) is 107 Å². The molecular formula is C22H28N4O5S. The second kappa shape index (κ2) is 9.58. The fourth-order valence-electron chi connectivity index (χ4n) is 3.31. The molecule has 0 amide bonds. The number of imidazole rings is 1. The first-order valence-corrected chi connectivity index (χ1v) is 11.6. The van der Waals surface area contributed by atoms with Crippen molar-refractivity contribution in [2.75, 3.05) is 13.7 Å². The van der Waals surface area contributed by atoms with Crippen LogP contribution < -0.4 is 4.74 Å². The number of aromatic amines is 1. The molecule has 0 aliphatic carbocycles. The Balaban J connectivity index is 1.99. The normalized spacial score (nSPS) is 11.7. The van der Waals surface area contributed by atoms with Gasteiger partial charge in [0.15, 0.2) is 5.03 Å². The molecule has 1 aromatic carbocycles. The molecule has 0 bridgehead atoms. The van der Waals surface area contributed by atoms with Crippen LogP contribution >= 0.6 is 0 Å². The highest BCUT2D eigenvalue weighted by atomic mass is 32.2. The summed E-state index contributed by atoms with van der Waals surface area (Å²) >= 11 is 0. The number of hydrogen-bond donors (Lipinski definition) is 1. The standard InChI is InChI=1S/C22H28N4O5S/c1-6-31-22(27)21-16(3)15(2)19(24-21)12-26(11-17-7-9-18(30-5)10-8-17)32(28,29)20-13-25(4)14-23-20/h7-10,13-14,24H,6,11-12H2,1-5H3. The average molecular weight is 461 g/mol. The number of rotatable bonds is 9. The van der Waals surface area contributed by atoms with Crippen molar-refractivity contribution in [2.24, 2.45) is 7.05 Å². The van der Waals surface area contributed by atoms with Gasteiger partial charge in [-0.25, -0.2) is 18.2 Å². The van der Waals surface area contributed by atoms with Gasteiger partial charge in [0, 0.05) is 25.5 Å². The summed E-state index contributed by atoms with van der Waals surface area (Å²) in [5, 5.41) is -0.0416. The number of carbonyl (C=O) groups excluding carboxylic acids is 1. The lowest BCUT2D eigenvalue weighted by Gasteiger charge is -2.21. The summed E-state index contributed by atoms with van der Waals surface area (Å²) in [5.74, 6) is 0.219. The number of aromatic nitrogens is 3. The van der Waals surface area contributed by atoms with Gasteiger partial charge in [-0.15, -0.1) is 0 Å². The molecule has 0 aliphatic rings. The number of methoxy groups -OCH3 is 1. The zero-order valence-corrected chi connectivity index (χ0v) is 19.7. The van der Waals surface area contributed by atoms with E-state index in [2.05, 4.69) is 9.97 Å².